The van der Waals surface area contributed by atoms with Crippen molar-refractivity contribution in [3.63, 3.8) is 0 Å². The second-order valence-electron chi connectivity index (χ2n) is 7.75. The Kier molecular flexibility index (Phi) is 9.22. The third kappa shape index (κ3) is 6.73. The van der Waals surface area contributed by atoms with E-state index in [1.165, 1.54) is 19.3 Å². The first kappa shape index (κ1) is 23.1. The van der Waals surface area contributed by atoms with Crippen LogP contribution in [0.2, 0.25) is 0 Å². The number of nitrogens with one attached hydrogen (secondary N) is 1. The zero-order chi connectivity index (χ0) is 21.9. The van der Waals surface area contributed by atoms with E-state index in [4.69, 9.17) is 4.98 Å². The summed E-state index contributed by atoms with van der Waals surface area (Å²) in [7, 11) is 2.07. The monoisotopic (exact) mass is 435 g/mol. The molecule has 1 heterocycles. The summed E-state index contributed by atoms with van der Waals surface area (Å²) in [6.07, 6.45) is 6.48. The van der Waals surface area contributed by atoms with Gasteiger partial charge in [0.15, 0.2) is 5.16 Å². The Labute approximate surface area is 190 Å². The lowest BCUT2D eigenvalue weighted by Gasteiger charge is -2.08. The van der Waals surface area contributed by atoms with Gasteiger partial charge in [0.2, 0.25) is 5.91 Å². The lowest BCUT2D eigenvalue weighted by atomic mass is 10.1. The van der Waals surface area contributed by atoms with Crippen LogP contribution in [0.25, 0.3) is 22.5 Å². The molecule has 4 nitrogen and oxygen atoms in total. The highest BCUT2D eigenvalue weighted by atomic mass is 32.2. The Bertz CT molecular complexity index is 938. The van der Waals surface area contributed by atoms with Crippen LogP contribution in [0, 0.1) is 0 Å². The normalized spacial score (nSPS) is 10.9. The zero-order valence-corrected chi connectivity index (χ0v) is 19.5. The van der Waals surface area contributed by atoms with E-state index in [1.807, 2.05) is 24.3 Å². The number of amides is 1. The van der Waals surface area contributed by atoms with Gasteiger partial charge in [-0.1, -0.05) is 105 Å². The Morgan fingerprint density at radius 1 is 0.935 bits per heavy atom. The van der Waals surface area contributed by atoms with Crippen LogP contribution in [0.1, 0.15) is 45.4 Å². The zero-order valence-electron chi connectivity index (χ0n) is 18.6. The van der Waals surface area contributed by atoms with E-state index in [1.54, 1.807) is 11.8 Å². The van der Waals surface area contributed by atoms with Gasteiger partial charge < -0.3 is 9.88 Å². The molecule has 0 unspecified atom stereocenters. The molecular weight excluding hydrogens is 402 g/mol. The van der Waals surface area contributed by atoms with Crippen molar-refractivity contribution in [2.45, 2.75) is 50.6 Å². The van der Waals surface area contributed by atoms with E-state index in [0.717, 1.165) is 46.3 Å². The van der Waals surface area contributed by atoms with Gasteiger partial charge in [-0.15, -0.1) is 0 Å². The molecule has 2 aromatic carbocycles. The smallest absolute Gasteiger partial charge is 0.220 e. The summed E-state index contributed by atoms with van der Waals surface area (Å²) >= 11 is 1.69. The number of thioether (sulfide) groups is 1. The molecule has 1 N–H and O–H groups in total. The number of rotatable bonds is 12. The highest BCUT2D eigenvalue weighted by Gasteiger charge is 2.18. The van der Waals surface area contributed by atoms with Gasteiger partial charge in [-0.25, -0.2) is 4.98 Å². The third-order valence-electron chi connectivity index (χ3n) is 5.31. The van der Waals surface area contributed by atoms with Gasteiger partial charge in [-0.3, -0.25) is 4.79 Å². The van der Waals surface area contributed by atoms with Crippen LogP contribution < -0.4 is 5.32 Å². The molecule has 1 aromatic heterocycles. The minimum Gasteiger partial charge on any atom is -0.355 e. The van der Waals surface area contributed by atoms with Crippen molar-refractivity contribution in [1.82, 2.24) is 14.9 Å². The topological polar surface area (TPSA) is 46.9 Å². The van der Waals surface area contributed by atoms with E-state index in [9.17, 15) is 4.79 Å². The number of hydrogen-bond acceptors (Lipinski definition) is 3. The predicted molar refractivity (Wildman–Crippen MR) is 131 cm³/mol. The van der Waals surface area contributed by atoms with Crippen LogP contribution in [-0.2, 0) is 11.8 Å². The fourth-order valence-electron chi connectivity index (χ4n) is 3.64. The summed E-state index contributed by atoms with van der Waals surface area (Å²) in [6, 6.07) is 20.7. The van der Waals surface area contributed by atoms with E-state index in [2.05, 4.69) is 60.3 Å². The number of aromatic nitrogens is 2. The number of benzene rings is 2. The van der Waals surface area contributed by atoms with Gasteiger partial charge in [0, 0.05) is 36.9 Å². The number of carbonyl (C=O) groups is 1. The van der Waals surface area contributed by atoms with E-state index < -0.39 is 0 Å². The Morgan fingerprint density at radius 2 is 1.58 bits per heavy atom. The van der Waals surface area contributed by atoms with Crippen molar-refractivity contribution < 1.29 is 4.79 Å². The molecule has 164 valence electrons. The molecule has 0 fully saturated rings. The quantitative estimate of drug-likeness (QED) is 0.267. The van der Waals surface area contributed by atoms with E-state index in [0.29, 0.717) is 13.0 Å². The van der Waals surface area contributed by atoms with Gasteiger partial charge in [-0.05, 0) is 6.42 Å². The van der Waals surface area contributed by atoms with Gasteiger partial charge >= 0.3 is 0 Å². The van der Waals surface area contributed by atoms with Crippen LogP contribution >= 0.6 is 11.8 Å². The summed E-state index contributed by atoms with van der Waals surface area (Å²) in [4.78, 5) is 17.0. The molecule has 0 atom stereocenters. The summed E-state index contributed by atoms with van der Waals surface area (Å²) in [5.41, 5.74) is 4.37. The minimum atomic E-state index is 0.159. The summed E-state index contributed by atoms with van der Waals surface area (Å²) in [5, 5.41) is 4.02. The highest BCUT2D eigenvalue weighted by Crippen LogP contribution is 2.34. The highest BCUT2D eigenvalue weighted by molar-refractivity contribution is 7.99. The Hall–Kier alpha value is -2.53. The SMILES string of the molecule is CCCCCCCC(=O)NCCSc1nc(-c2ccccc2)c(-c2ccccc2)n1C. The largest absolute Gasteiger partial charge is 0.355 e. The summed E-state index contributed by atoms with van der Waals surface area (Å²) in [6.45, 7) is 2.87. The van der Waals surface area contributed by atoms with E-state index >= 15 is 0 Å². The van der Waals surface area contributed by atoms with Crippen molar-refractivity contribution in [2.75, 3.05) is 12.3 Å². The van der Waals surface area contributed by atoms with Crippen LogP contribution in [0.3, 0.4) is 0 Å². The standard InChI is InChI=1S/C26H33N3OS/c1-3-4-5-6-13-18-23(30)27-19-20-31-26-28-24(21-14-9-7-10-15-21)25(29(26)2)22-16-11-8-12-17-22/h7-12,14-17H,3-6,13,18-20H2,1-2H3,(H,27,30). The summed E-state index contributed by atoms with van der Waals surface area (Å²) < 4.78 is 2.16. The second-order valence-corrected chi connectivity index (χ2v) is 8.81. The maximum Gasteiger partial charge on any atom is 0.220 e. The number of unbranched alkanes of at least 4 members (excludes halogenated alkanes) is 4. The first-order valence-electron chi connectivity index (χ1n) is 11.3. The lowest BCUT2D eigenvalue weighted by molar-refractivity contribution is -0.121. The molecule has 0 aliphatic rings. The van der Waals surface area contributed by atoms with Gasteiger partial charge in [0.05, 0.1) is 11.4 Å². The number of imidazole rings is 1. The molecule has 0 saturated heterocycles. The maximum absolute atomic E-state index is 12.0. The first-order valence-corrected chi connectivity index (χ1v) is 12.3. The molecule has 0 aliphatic carbocycles. The first-order chi connectivity index (χ1) is 15.2. The summed E-state index contributed by atoms with van der Waals surface area (Å²) in [5.74, 6) is 0.960. The van der Waals surface area contributed by atoms with Gasteiger partial charge in [-0.2, -0.15) is 0 Å². The average molecular weight is 436 g/mol. The molecule has 5 heteroatoms. The molecule has 0 aliphatic heterocycles. The van der Waals surface area contributed by atoms with Crippen LogP contribution in [0.5, 0.6) is 0 Å². The number of nitrogens with zero attached hydrogens (tertiary/aromatic N) is 2. The van der Waals surface area contributed by atoms with Crippen molar-refractivity contribution in [1.29, 1.82) is 0 Å². The number of hydrogen-bond donors (Lipinski definition) is 1. The van der Waals surface area contributed by atoms with Crippen LogP contribution in [0.15, 0.2) is 65.8 Å². The lowest BCUT2D eigenvalue weighted by Crippen LogP contribution is -2.25. The van der Waals surface area contributed by atoms with E-state index in [-0.39, 0.29) is 5.91 Å². The van der Waals surface area contributed by atoms with Crippen LogP contribution in [-0.4, -0.2) is 27.8 Å². The molecule has 3 aromatic rings. The van der Waals surface area contributed by atoms with Crippen molar-refractivity contribution in [3.05, 3.63) is 60.7 Å². The molecule has 0 bridgehead atoms. The molecule has 0 saturated carbocycles. The second kappa shape index (κ2) is 12.4. The molecular formula is C26H33N3OS. The average Bonchev–Trinajstić information content (AvgIpc) is 3.14. The van der Waals surface area contributed by atoms with Gasteiger partial charge in [0.1, 0.15) is 0 Å². The molecule has 3 rings (SSSR count). The fourth-order valence-corrected chi connectivity index (χ4v) is 4.47. The van der Waals surface area contributed by atoms with Crippen molar-refractivity contribution in [3.8, 4) is 22.5 Å². The molecule has 31 heavy (non-hydrogen) atoms. The van der Waals surface area contributed by atoms with Crippen molar-refractivity contribution >= 4 is 17.7 Å². The Morgan fingerprint density at radius 3 is 2.26 bits per heavy atom. The molecule has 0 spiro atoms. The third-order valence-corrected chi connectivity index (χ3v) is 6.34. The number of carbonyl (C=O) groups excluding carboxylic acids is 1. The van der Waals surface area contributed by atoms with Crippen LogP contribution in [0.4, 0.5) is 0 Å². The molecule has 0 radical (unpaired) electrons. The van der Waals surface area contributed by atoms with Gasteiger partial charge in [0.25, 0.3) is 0 Å². The Balaban J connectivity index is 1.61. The fraction of sp³-hybridized carbons (Fsp3) is 0.385. The van der Waals surface area contributed by atoms with Crippen molar-refractivity contribution in [2.24, 2.45) is 7.05 Å². The molecule has 1 amide bonds. The maximum atomic E-state index is 12.0. The minimum absolute atomic E-state index is 0.159. The predicted octanol–water partition coefficient (Wildman–Crippen LogP) is 6.32.